The van der Waals surface area contributed by atoms with Crippen LogP contribution >= 0.6 is 0 Å². The van der Waals surface area contributed by atoms with Crippen molar-refractivity contribution < 1.29 is 19.1 Å². The number of nitrogens with one attached hydrogen (secondary N) is 1. The van der Waals surface area contributed by atoms with Crippen LogP contribution in [0.2, 0.25) is 5.31 Å². The summed E-state index contributed by atoms with van der Waals surface area (Å²) in [6.07, 6.45) is 3.98. The lowest BCUT2D eigenvalue weighted by molar-refractivity contribution is -0.173. The zero-order valence-electron chi connectivity index (χ0n) is 14.5. The molecule has 1 fully saturated rings. The molecule has 0 spiro atoms. The quantitative estimate of drug-likeness (QED) is 0.570. The van der Waals surface area contributed by atoms with Crippen molar-refractivity contribution in [2.24, 2.45) is 11.1 Å². The highest BCUT2D eigenvalue weighted by atomic mass is 16.7. The molecule has 0 aromatic carbocycles. The molecule has 1 heterocycles. The number of rotatable bonds is 6. The molecule has 0 aliphatic carbocycles. The Bertz CT molecular complexity index is 463. The summed E-state index contributed by atoms with van der Waals surface area (Å²) in [5, 5.41) is 1.07. The molecule has 0 aromatic rings. The lowest BCUT2D eigenvalue weighted by Gasteiger charge is -2.29. The number of carbonyl (C=O) groups excluding carboxylic acids is 2. The van der Waals surface area contributed by atoms with E-state index in [0.717, 1.165) is 19.3 Å². The topological polar surface area (TPSA) is 90.7 Å². The fraction of sp³-hybridized carbons (Fsp3) is 0.750. The van der Waals surface area contributed by atoms with E-state index in [2.05, 4.69) is 5.32 Å². The molecular weight excluding hydrogens is 295 g/mol. The summed E-state index contributed by atoms with van der Waals surface area (Å²) in [6.45, 7) is 7.79. The number of amides is 2. The molecule has 0 bridgehead atoms. The lowest BCUT2D eigenvalue weighted by atomic mass is 9.72. The first kappa shape index (κ1) is 19.7. The highest BCUT2D eigenvalue weighted by molar-refractivity contribution is 6.29. The smallest absolute Gasteiger partial charge is 0.252 e. The third-order valence-corrected chi connectivity index (χ3v) is 3.66. The van der Waals surface area contributed by atoms with Crippen molar-refractivity contribution in [1.82, 2.24) is 5.32 Å². The number of nitrogens with two attached hydrogens (primary N) is 1. The molecule has 0 aromatic heterocycles. The summed E-state index contributed by atoms with van der Waals surface area (Å²) in [5.74, 6) is -1.15. The van der Waals surface area contributed by atoms with Crippen molar-refractivity contribution in [1.29, 1.82) is 0 Å². The van der Waals surface area contributed by atoms with E-state index in [4.69, 9.17) is 23.1 Å². The maximum Gasteiger partial charge on any atom is 0.252 e. The highest BCUT2D eigenvalue weighted by Gasteiger charge is 2.27. The fourth-order valence-electron chi connectivity index (χ4n) is 1.87. The second-order valence-corrected chi connectivity index (χ2v) is 7.13. The van der Waals surface area contributed by atoms with Crippen LogP contribution in [0.3, 0.4) is 0 Å². The van der Waals surface area contributed by atoms with Gasteiger partial charge in [-0.1, -0.05) is 27.7 Å². The highest BCUT2D eigenvalue weighted by Crippen LogP contribution is 2.25. The molecule has 2 amide bonds. The van der Waals surface area contributed by atoms with E-state index in [1.165, 1.54) is 19.9 Å². The van der Waals surface area contributed by atoms with Gasteiger partial charge in [0.2, 0.25) is 5.91 Å². The van der Waals surface area contributed by atoms with Crippen molar-refractivity contribution in [2.75, 3.05) is 13.2 Å². The van der Waals surface area contributed by atoms with Crippen molar-refractivity contribution >= 4 is 19.7 Å². The van der Waals surface area contributed by atoms with Crippen LogP contribution in [0.15, 0.2) is 11.8 Å². The Balaban J connectivity index is 2.56. The zero-order valence-corrected chi connectivity index (χ0v) is 14.5. The largest absolute Gasteiger partial charge is 0.401 e. The zero-order chi connectivity index (χ0) is 17.7. The predicted molar refractivity (Wildman–Crippen MR) is 88.5 cm³/mol. The Kier molecular flexibility index (Phi) is 6.83. The van der Waals surface area contributed by atoms with Gasteiger partial charge >= 0.3 is 0 Å². The van der Waals surface area contributed by atoms with Crippen LogP contribution < -0.4 is 11.1 Å². The maximum atomic E-state index is 11.9. The van der Waals surface area contributed by atoms with Crippen LogP contribution in [0.1, 0.15) is 47.0 Å². The van der Waals surface area contributed by atoms with Gasteiger partial charge in [0.1, 0.15) is 0 Å². The Morgan fingerprint density at radius 2 is 2.00 bits per heavy atom. The van der Waals surface area contributed by atoms with E-state index in [-0.39, 0.29) is 6.29 Å². The van der Waals surface area contributed by atoms with E-state index in [1.54, 1.807) is 0 Å². The van der Waals surface area contributed by atoms with E-state index in [1.807, 2.05) is 13.8 Å². The van der Waals surface area contributed by atoms with Gasteiger partial charge in [0.05, 0.1) is 14.5 Å². The van der Waals surface area contributed by atoms with Gasteiger partial charge in [0.15, 0.2) is 6.29 Å². The minimum atomic E-state index is -1.13. The average Bonchev–Trinajstić information content (AvgIpc) is 2.45. The van der Waals surface area contributed by atoms with Crippen molar-refractivity contribution in [3.8, 4) is 0 Å². The molecule has 6 nitrogen and oxygen atoms in total. The van der Waals surface area contributed by atoms with Gasteiger partial charge in [-0.15, -0.1) is 0 Å². The van der Waals surface area contributed by atoms with Gasteiger partial charge in [-0.05, 0) is 19.3 Å². The van der Waals surface area contributed by atoms with Crippen LogP contribution in [-0.4, -0.2) is 39.2 Å². The predicted octanol–water partition coefficient (Wildman–Crippen LogP) is 1.41. The van der Waals surface area contributed by atoms with E-state index < -0.39 is 22.5 Å². The second kappa shape index (κ2) is 7.97. The van der Waals surface area contributed by atoms with Gasteiger partial charge in [-0.3, -0.25) is 14.9 Å². The molecule has 23 heavy (non-hydrogen) atoms. The molecule has 128 valence electrons. The normalized spacial score (nSPS) is 20.2. The summed E-state index contributed by atoms with van der Waals surface area (Å²) in [6, 6.07) is 0. The first-order valence-corrected chi connectivity index (χ1v) is 7.87. The SMILES string of the molecule is [B]C(C)(C)C(=O)NC(=O)C=C(N)C(C)(C)COC1CCCCO1. The van der Waals surface area contributed by atoms with Crippen LogP contribution in [0, 0.1) is 5.41 Å². The van der Waals surface area contributed by atoms with Crippen LogP contribution in [0.5, 0.6) is 0 Å². The molecular formula is C16H27BN2O4. The van der Waals surface area contributed by atoms with Crippen molar-refractivity contribution in [3.63, 3.8) is 0 Å². The van der Waals surface area contributed by atoms with Crippen LogP contribution in [-0.2, 0) is 19.1 Å². The maximum absolute atomic E-state index is 11.9. The Labute approximate surface area is 139 Å². The molecule has 1 aliphatic rings. The van der Waals surface area contributed by atoms with Crippen molar-refractivity contribution in [3.05, 3.63) is 11.8 Å². The van der Waals surface area contributed by atoms with Gasteiger partial charge < -0.3 is 15.2 Å². The Hall–Kier alpha value is -1.34. The number of ether oxygens (including phenoxy) is 2. The molecule has 1 rings (SSSR count). The third-order valence-electron chi connectivity index (χ3n) is 3.66. The molecule has 2 radical (unpaired) electrons. The molecule has 1 aliphatic heterocycles. The number of imide groups is 1. The van der Waals surface area contributed by atoms with Gasteiger partial charge in [0, 0.05) is 29.1 Å². The first-order chi connectivity index (χ1) is 10.5. The third kappa shape index (κ3) is 6.75. The van der Waals surface area contributed by atoms with E-state index in [0.29, 0.717) is 18.9 Å². The monoisotopic (exact) mass is 322 g/mol. The first-order valence-electron chi connectivity index (χ1n) is 7.87. The summed E-state index contributed by atoms with van der Waals surface area (Å²) < 4.78 is 11.2. The molecule has 1 atom stereocenters. The number of carbonyl (C=O) groups is 2. The standard InChI is InChI=1S/C16H27BN2O4/c1-15(2,10-23-13-7-5-6-8-22-13)11(18)9-12(20)19-14(21)16(3,4)17/h9,13H,5-8,10,18H2,1-4H3,(H,19,20,21). The Morgan fingerprint density at radius 3 is 2.52 bits per heavy atom. The minimum Gasteiger partial charge on any atom is -0.401 e. The molecule has 1 unspecified atom stereocenters. The number of hydrogen-bond donors (Lipinski definition) is 2. The molecule has 0 saturated carbocycles. The second-order valence-electron chi connectivity index (χ2n) is 7.13. The van der Waals surface area contributed by atoms with Gasteiger partial charge in [0.25, 0.3) is 5.91 Å². The molecule has 1 saturated heterocycles. The summed E-state index contributed by atoms with van der Waals surface area (Å²) in [7, 11) is 5.62. The van der Waals surface area contributed by atoms with Crippen LogP contribution in [0.4, 0.5) is 0 Å². The molecule has 7 heteroatoms. The fourth-order valence-corrected chi connectivity index (χ4v) is 1.87. The summed E-state index contributed by atoms with van der Waals surface area (Å²) >= 11 is 0. The average molecular weight is 322 g/mol. The van der Waals surface area contributed by atoms with E-state index in [9.17, 15) is 9.59 Å². The summed E-state index contributed by atoms with van der Waals surface area (Å²) in [5.41, 5.74) is 5.76. The summed E-state index contributed by atoms with van der Waals surface area (Å²) in [4.78, 5) is 23.5. The van der Waals surface area contributed by atoms with Crippen molar-refractivity contribution in [2.45, 2.75) is 58.6 Å². The van der Waals surface area contributed by atoms with Gasteiger partial charge in [-0.2, -0.15) is 0 Å². The van der Waals surface area contributed by atoms with Crippen LogP contribution in [0.25, 0.3) is 0 Å². The van der Waals surface area contributed by atoms with E-state index >= 15 is 0 Å². The van der Waals surface area contributed by atoms with Gasteiger partial charge in [-0.25, -0.2) is 0 Å². The lowest BCUT2D eigenvalue weighted by Crippen LogP contribution is -2.38. The number of hydrogen-bond acceptors (Lipinski definition) is 5. The molecule has 3 N–H and O–H groups in total. The minimum absolute atomic E-state index is 0.218. The Morgan fingerprint density at radius 1 is 1.35 bits per heavy atom.